The summed E-state index contributed by atoms with van der Waals surface area (Å²) < 4.78 is 0. The van der Waals surface area contributed by atoms with Crippen molar-refractivity contribution in [3.8, 4) is 5.75 Å². The maximum Gasteiger partial charge on any atom is 0.162 e. The first-order valence-corrected chi connectivity index (χ1v) is 9.04. The molecule has 0 bridgehead atoms. The van der Waals surface area contributed by atoms with Gasteiger partial charge in [-0.15, -0.1) is 0 Å². The first kappa shape index (κ1) is 15.9. The van der Waals surface area contributed by atoms with Crippen LogP contribution in [-0.2, 0) is 17.6 Å². The highest BCUT2D eigenvalue weighted by atomic mass is 16.3. The van der Waals surface area contributed by atoms with Crippen molar-refractivity contribution in [3.05, 3.63) is 70.9 Å². The third-order valence-electron chi connectivity index (χ3n) is 5.44. The van der Waals surface area contributed by atoms with Crippen LogP contribution in [0.2, 0.25) is 0 Å². The number of para-hydroxylation sites is 2. The number of hydrogen-bond donors (Lipinski definition) is 1. The van der Waals surface area contributed by atoms with Gasteiger partial charge in [0.05, 0.1) is 11.7 Å². The van der Waals surface area contributed by atoms with Crippen LogP contribution in [0.5, 0.6) is 5.75 Å². The van der Waals surface area contributed by atoms with Crippen LogP contribution in [0.4, 0.5) is 5.69 Å². The van der Waals surface area contributed by atoms with E-state index in [-0.39, 0.29) is 17.6 Å². The second-order valence-electron chi connectivity index (χ2n) is 7.04. The van der Waals surface area contributed by atoms with E-state index >= 15 is 0 Å². The highest BCUT2D eigenvalue weighted by Gasteiger charge is 2.31. The zero-order valence-corrected chi connectivity index (χ0v) is 14.5. The monoisotopic (exact) mass is 333 g/mol. The lowest BCUT2D eigenvalue weighted by Crippen LogP contribution is -2.32. The van der Waals surface area contributed by atoms with E-state index in [9.17, 15) is 9.90 Å². The molecule has 0 amide bonds. The summed E-state index contributed by atoms with van der Waals surface area (Å²) in [6.45, 7) is 1.85. The summed E-state index contributed by atoms with van der Waals surface area (Å²) in [4.78, 5) is 14.5. The Balaban J connectivity index is 1.85. The lowest BCUT2D eigenvalue weighted by Gasteiger charge is -2.37. The van der Waals surface area contributed by atoms with E-state index in [1.54, 1.807) is 6.07 Å². The van der Waals surface area contributed by atoms with E-state index in [0.717, 1.165) is 24.1 Å². The fourth-order valence-corrected chi connectivity index (χ4v) is 4.11. The van der Waals surface area contributed by atoms with Crippen LogP contribution in [0.3, 0.4) is 0 Å². The number of phenols is 1. The van der Waals surface area contributed by atoms with Crippen molar-refractivity contribution in [2.75, 3.05) is 4.90 Å². The van der Waals surface area contributed by atoms with Crippen LogP contribution >= 0.6 is 0 Å². The van der Waals surface area contributed by atoms with Crippen LogP contribution in [0.1, 0.15) is 48.9 Å². The van der Waals surface area contributed by atoms with Crippen molar-refractivity contribution < 1.29 is 9.90 Å². The largest absolute Gasteiger partial charge is 0.506 e. The van der Waals surface area contributed by atoms with Gasteiger partial charge in [0.1, 0.15) is 5.75 Å². The summed E-state index contributed by atoms with van der Waals surface area (Å²) in [5.74, 6) is 0.431. The molecule has 0 saturated heterocycles. The second kappa shape index (κ2) is 6.40. The minimum absolute atomic E-state index is 0.0578. The minimum Gasteiger partial charge on any atom is -0.506 e. The maximum absolute atomic E-state index is 12.5. The van der Waals surface area contributed by atoms with Gasteiger partial charge in [0, 0.05) is 18.2 Å². The van der Waals surface area contributed by atoms with Gasteiger partial charge >= 0.3 is 0 Å². The molecule has 2 aliphatic rings. The van der Waals surface area contributed by atoms with Gasteiger partial charge in [-0.2, -0.15) is 0 Å². The molecule has 25 heavy (non-hydrogen) atoms. The molecule has 2 aromatic carbocycles. The summed E-state index contributed by atoms with van der Waals surface area (Å²) in [6.07, 6.45) is 6.99. The Hall–Kier alpha value is -2.55. The zero-order chi connectivity index (χ0) is 17.4. The summed E-state index contributed by atoms with van der Waals surface area (Å²) in [7, 11) is 0. The molecule has 2 aromatic rings. The first-order chi connectivity index (χ1) is 12.1. The molecule has 1 heterocycles. The molecule has 0 radical (unpaired) electrons. The lowest BCUT2D eigenvalue weighted by molar-refractivity contribution is -0.116. The van der Waals surface area contributed by atoms with Crippen molar-refractivity contribution in [2.45, 2.75) is 45.1 Å². The van der Waals surface area contributed by atoms with Crippen molar-refractivity contribution in [2.24, 2.45) is 0 Å². The molecule has 0 fully saturated rings. The number of hydrogen-bond acceptors (Lipinski definition) is 3. The minimum atomic E-state index is -0.0578. The molecular weight excluding hydrogens is 310 g/mol. The number of aromatic hydroxyl groups is 1. The fraction of sp³-hybridized carbons (Fsp3) is 0.318. The van der Waals surface area contributed by atoms with Crippen LogP contribution < -0.4 is 4.90 Å². The third-order valence-corrected chi connectivity index (χ3v) is 5.44. The topological polar surface area (TPSA) is 40.5 Å². The highest BCUT2D eigenvalue weighted by molar-refractivity contribution is 5.97. The van der Waals surface area contributed by atoms with Crippen LogP contribution in [-0.4, -0.2) is 10.9 Å². The average molecular weight is 333 g/mol. The Kier molecular flexibility index (Phi) is 4.08. The molecule has 0 unspecified atom stereocenters. The number of rotatable bonds is 2. The molecule has 3 heteroatoms. The number of ketones is 1. The number of anilines is 1. The Labute approximate surface area is 148 Å². The quantitative estimate of drug-likeness (QED) is 0.866. The van der Waals surface area contributed by atoms with E-state index in [1.807, 2.05) is 31.3 Å². The molecular formula is C22H23NO2. The van der Waals surface area contributed by atoms with Gasteiger partial charge in [0.15, 0.2) is 5.78 Å². The normalized spacial score (nSPS) is 20.2. The van der Waals surface area contributed by atoms with Crippen molar-refractivity contribution >= 4 is 11.5 Å². The van der Waals surface area contributed by atoms with Gasteiger partial charge in [-0.3, -0.25) is 4.79 Å². The summed E-state index contributed by atoms with van der Waals surface area (Å²) in [5.41, 5.74) is 5.55. The first-order valence-electron chi connectivity index (χ1n) is 9.04. The zero-order valence-electron chi connectivity index (χ0n) is 14.5. The predicted octanol–water partition coefficient (Wildman–Crippen LogP) is 4.70. The van der Waals surface area contributed by atoms with Gasteiger partial charge < -0.3 is 10.0 Å². The number of fused-ring (bicyclic) bond motifs is 1. The molecule has 1 aliphatic heterocycles. The average Bonchev–Trinajstić information content (AvgIpc) is 2.64. The molecule has 0 saturated carbocycles. The summed E-state index contributed by atoms with van der Waals surface area (Å²) in [5, 5.41) is 10.4. The predicted molar refractivity (Wildman–Crippen MR) is 99.8 cm³/mol. The molecule has 4 rings (SSSR count). The van der Waals surface area contributed by atoms with Gasteiger partial charge in [-0.1, -0.05) is 30.3 Å². The third kappa shape index (κ3) is 2.84. The van der Waals surface area contributed by atoms with Crippen LogP contribution in [0, 0.1) is 0 Å². The summed E-state index contributed by atoms with van der Waals surface area (Å²) >= 11 is 0. The molecule has 1 atom stereocenters. The molecule has 0 aromatic heterocycles. The Morgan fingerprint density at radius 3 is 2.68 bits per heavy atom. The van der Waals surface area contributed by atoms with E-state index in [1.165, 1.54) is 29.5 Å². The van der Waals surface area contributed by atoms with E-state index in [4.69, 9.17) is 0 Å². The molecule has 1 aliphatic carbocycles. The van der Waals surface area contributed by atoms with Crippen LogP contribution in [0.15, 0.2) is 54.2 Å². The molecule has 3 nitrogen and oxygen atoms in total. The second-order valence-corrected chi connectivity index (χ2v) is 7.04. The van der Waals surface area contributed by atoms with Crippen LogP contribution in [0.25, 0.3) is 0 Å². The van der Waals surface area contributed by atoms with Gasteiger partial charge in [0.25, 0.3) is 0 Å². The number of aryl methyl sites for hydroxylation is 1. The Bertz CT molecular complexity index is 853. The lowest BCUT2D eigenvalue weighted by atomic mass is 9.83. The SMILES string of the molecule is CC1=CN(c2ccccc2O)[C@@H](c2cccc3c2CCCC3)CC1=O. The van der Waals surface area contributed by atoms with Crippen molar-refractivity contribution in [1.29, 1.82) is 0 Å². The number of benzene rings is 2. The number of nitrogens with zero attached hydrogens (tertiary/aromatic N) is 1. The van der Waals surface area contributed by atoms with Gasteiger partial charge in [0.2, 0.25) is 0 Å². The van der Waals surface area contributed by atoms with Crippen molar-refractivity contribution in [1.82, 2.24) is 0 Å². The maximum atomic E-state index is 12.5. The number of Topliss-reactive ketones (excluding diaryl/α,β-unsaturated/α-hetero) is 1. The van der Waals surface area contributed by atoms with E-state index < -0.39 is 0 Å². The number of allylic oxidation sites excluding steroid dienone is 1. The Morgan fingerprint density at radius 2 is 1.84 bits per heavy atom. The number of carbonyl (C=O) groups is 1. The molecule has 128 valence electrons. The molecule has 0 spiro atoms. The van der Waals surface area contributed by atoms with Gasteiger partial charge in [-0.25, -0.2) is 0 Å². The van der Waals surface area contributed by atoms with Crippen molar-refractivity contribution in [3.63, 3.8) is 0 Å². The van der Waals surface area contributed by atoms with E-state index in [0.29, 0.717) is 6.42 Å². The fourth-order valence-electron chi connectivity index (χ4n) is 4.11. The van der Waals surface area contributed by atoms with Gasteiger partial charge in [-0.05, 0) is 61.4 Å². The standard InChI is InChI=1S/C22H23NO2/c1-15-14-23(19-11-4-5-12-21(19)24)20(13-22(15)25)18-10-6-8-16-7-2-3-9-17(16)18/h4-6,8,10-12,14,20,24H,2-3,7,9,13H2,1H3/t20-/m1/s1. The number of carbonyl (C=O) groups excluding carboxylic acids is 1. The highest BCUT2D eigenvalue weighted by Crippen LogP contribution is 2.41. The smallest absolute Gasteiger partial charge is 0.162 e. The Morgan fingerprint density at radius 1 is 1.04 bits per heavy atom. The number of phenolic OH excluding ortho intramolecular Hbond substituents is 1. The summed E-state index contributed by atoms with van der Waals surface area (Å²) in [6, 6.07) is 13.8. The molecule has 1 N–H and O–H groups in total. The van der Waals surface area contributed by atoms with E-state index in [2.05, 4.69) is 23.1 Å².